The van der Waals surface area contributed by atoms with Crippen molar-refractivity contribution in [1.82, 2.24) is 0 Å². The quantitative estimate of drug-likeness (QED) is 0.786. The van der Waals surface area contributed by atoms with Gasteiger partial charge in [0.05, 0.1) is 0 Å². The Morgan fingerprint density at radius 1 is 1.64 bits per heavy atom. The minimum Gasteiger partial charge on any atom is -0.479 e. The molecule has 0 unspecified atom stereocenters. The second-order valence-corrected chi connectivity index (χ2v) is 2.66. The molecule has 0 bridgehead atoms. The van der Waals surface area contributed by atoms with Crippen LogP contribution in [0, 0.1) is 11.3 Å². The van der Waals surface area contributed by atoms with Crippen LogP contribution in [-0.2, 0) is 4.79 Å². The molecule has 0 saturated carbocycles. The molecule has 0 atom stereocenters. The summed E-state index contributed by atoms with van der Waals surface area (Å²) >= 11 is 0. The van der Waals surface area contributed by atoms with Gasteiger partial charge in [-0.2, -0.15) is 5.26 Å². The van der Waals surface area contributed by atoms with Gasteiger partial charge in [-0.3, -0.25) is 4.79 Å². The van der Waals surface area contributed by atoms with Gasteiger partial charge in [-0.25, -0.2) is 0 Å². The molecule has 0 fully saturated rings. The molecule has 0 radical (unpaired) electrons. The van der Waals surface area contributed by atoms with Crippen LogP contribution in [0.25, 0.3) is 0 Å². The van der Waals surface area contributed by atoms with E-state index in [2.05, 4.69) is 5.32 Å². The van der Waals surface area contributed by atoms with Gasteiger partial charge >= 0.3 is 0 Å². The van der Waals surface area contributed by atoms with E-state index < -0.39 is 0 Å². The van der Waals surface area contributed by atoms with Crippen LogP contribution in [-0.4, -0.2) is 12.5 Å². The third-order valence-electron chi connectivity index (χ3n) is 1.46. The number of amides is 1. The normalized spacial score (nSPS) is 8.86. The van der Waals surface area contributed by atoms with Crippen molar-refractivity contribution < 1.29 is 9.53 Å². The van der Waals surface area contributed by atoms with Gasteiger partial charge in [0.15, 0.2) is 6.61 Å². The number of ether oxygens (including phenoxy) is 1. The highest BCUT2D eigenvalue weighted by atomic mass is 16.5. The molecule has 1 aromatic rings. The number of nitrogens with zero attached hydrogens (tertiary/aromatic N) is 1. The molecular weight excluding hydrogens is 180 g/mol. The fourth-order valence-corrected chi connectivity index (χ4v) is 0.983. The van der Waals surface area contributed by atoms with Crippen LogP contribution in [0.15, 0.2) is 24.3 Å². The first-order chi connectivity index (χ1) is 6.72. The fraction of sp³-hybridized carbons (Fsp3) is 0.200. The Labute approximate surface area is 82.1 Å². The van der Waals surface area contributed by atoms with Crippen molar-refractivity contribution in [1.29, 1.82) is 5.26 Å². The molecule has 4 heteroatoms. The van der Waals surface area contributed by atoms with Crippen LogP contribution in [0.4, 0.5) is 5.69 Å². The molecule has 1 rings (SSSR count). The molecule has 0 saturated heterocycles. The molecule has 0 aliphatic heterocycles. The highest BCUT2D eigenvalue weighted by Crippen LogP contribution is 2.16. The molecule has 14 heavy (non-hydrogen) atoms. The molecule has 4 nitrogen and oxygen atoms in total. The number of hydrogen-bond donors (Lipinski definition) is 1. The van der Waals surface area contributed by atoms with Gasteiger partial charge in [0.2, 0.25) is 5.91 Å². The summed E-state index contributed by atoms with van der Waals surface area (Å²) in [7, 11) is 0. The molecular formula is C10H10N2O2. The van der Waals surface area contributed by atoms with E-state index in [9.17, 15) is 4.79 Å². The van der Waals surface area contributed by atoms with Crippen LogP contribution < -0.4 is 10.1 Å². The topological polar surface area (TPSA) is 62.1 Å². The zero-order valence-electron chi connectivity index (χ0n) is 7.78. The molecule has 0 spiro atoms. The van der Waals surface area contributed by atoms with Crippen LogP contribution in [0.2, 0.25) is 0 Å². The van der Waals surface area contributed by atoms with Gasteiger partial charge in [0.25, 0.3) is 0 Å². The predicted molar refractivity (Wildman–Crippen MR) is 51.9 cm³/mol. The van der Waals surface area contributed by atoms with E-state index in [1.807, 2.05) is 6.07 Å². The van der Waals surface area contributed by atoms with E-state index in [0.29, 0.717) is 11.4 Å². The Morgan fingerprint density at radius 2 is 2.43 bits per heavy atom. The molecule has 1 amide bonds. The SMILES string of the molecule is CC(=O)Nc1cccc(OCC#N)c1. The molecule has 0 aromatic heterocycles. The summed E-state index contributed by atoms with van der Waals surface area (Å²) in [5, 5.41) is 10.9. The van der Waals surface area contributed by atoms with Gasteiger partial charge in [-0.05, 0) is 12.1 Å². The zero-order chi connectivity index (χ0) is 10.4. The monoisotopic (exact) mass is 190 g/mol. The van der Waals surface area contributed by atoms with Gasteiger partial charge in [-0.1, -0.05) is 6.07 Å². The predicted octanol–water partition coefficient (Wildman–Crippen LogP) is 1.55. The summed E-state index contributed by atoms with van der Waals surface area (Å²) in [6.45, 7) is 1.44. The Balaban J connectivity index is 2.69. The Morgan fingerprint density at radius 3 is 3.07 bits per heavy atom. The first kappa shape index (κ1) is 10.1. The average molecular weight is 190 g/mol. The van der Waals surface area contributed by atoms with Gasteiger partial charge < -0.3 is 10.1 Å². The van der Waals surface area contributed by atoms with E-state index in [-0.39, 0.29) is 12.5 Å². The maximum atomic E-state index is 10.7. The van der Waals surface area contributed by atoms with Gasteiger partial charge in [0.1, 0.15) is 11.8 Å². The van der Waals surface area contributed by atoms with Crippen molar-refractivity contribution in [2.24, 2.45) is 0 Å². The summed E-state index contributed by atoms with van der Waals surface area (Å²) in [4.78, 5) is 10.7. The van der Waals surface area contributed by atoms with Crippen molar-refractivity contribution in [3.8, 4) is 11.8 Å². The molecule has 0 aliphatic carbocycles. The Kier molecular flexibility index (Phi) is 3.50. The van der Waals surface area contributed by atoms with E-state index >= 15 is 0 Å². The second kappa shape index (κ2) is 4.87. The number of anilines is 1. The number of hydrogen-bond acceptors (Lipinski definition) is 3. The largest absolute Gasteiger partial charge is 0.479 e. The van der Waals surface area contributed by atoms with Crippen molar-refractivity contribution in [3.63, 3.8) is 0 Å². The van der Waals surface area contributed by atoms with Crippen LogP contribution in [0.3, 0.4) is 0 Å². The third kappa shape index (κ3) is 3.15. The minimum absolute atomic E-state index is 0.00350. The molecule has 1 N–H and O–H groups in total. The number of nitriles is 1. The van der Waals surface area contributed by atoms with Crippen molar-refractivity contribution in [2.45, 2.75) is 6.92 Å². The first-order valence-corrected chi connectivity index (χ1v) is 4.10. The van der Waals surface area contributed by atoms with Crippen molar-refractivity contribution in [3.05, 3.63) is 24.3 Å². The molecule has 1 aromatic carbocycles. The smallest absolute Gasteiger partial charge is 0.221 e. The molecule has 0 heterocycles. The lowest BCUT2D eigenvalue weighted by Crippen LogP contribution is -2.05. The van der Waals surface area contributed by atoms with Crippen LogP contribution >= 0.6 is 0 Å². The summed E-state index contributed by atoms with van der Waals surface area (Å²) in [5.41, 5.74) is 0.660. The van der Waals surface area contributed by atoms with E-state index in [4.69, 9.17) is 10.00 Å². The summed E-state index contributed by atoms with van der Waals surface area (Å²) in [6, 6.07) is 8.76. The summed E-state index contributed by atoms with van der Waals surface area (Å²) < 4.78 is 5.06. The number of carbonyl (C=O) groups excluding carboxylic acids is 1. The second-order valence-electron chi connectivity index (χ2n) is 2.66. The van der Waals surface area contributed by atoms with Crippen LogP contribution in [0.1, 0.15) is 6.92 Å². The highest BCUT2D eigenvalue weighted by molar-refractivity contribution is 5.88. The summed E-state index contributed by atoms with van der Waals surface area (Å²) in [5.74, 6) is 0.431. The molecule has 72 valence electrons. The number of nitrogens with one attached hydrogen (secondary N) is 1. The highest BCUT2D eigenvalue weighted by Gasteiger charge is 1.97. The third-order valence-corrected chi connectivity index (χ3v) is 1.46. The number of rotatable bonds is 3. The van der Waals surface area contributed by atoms with Crippen molar-refractivity contribution >= 4 is 11.6 Å². The maximum absolute atomic E-state index is 10.7. The summed E-state index contributed by atoms with van der Waals surface area (Å²) in [6.07, 6.45) is 0. The lowest BCUT2D eigenvalue weighted by Gasteiger charge is -2.04. The van der Waals surface area contributed by atoms with Gasteiger partial charge in [0, 0.05) is 18.7 Å². The zero-order valence-corrected chi connectivity index (χ0v) is 7.78. The Bertz CT molecular complexity index is 369. The van der Waals surface area contributed by atoms with Crippen molar-refractivity contribution in [2.75, 3.05) is 11.9 Å². The van der Waals surface area contributed by atoms with Gasteiger partial charge in [-0.15, -0.1) is 0 Å². The van der Waals surface area contributed by atoms with E-state index in [1.54, 1.807) is 24.3 Å². The number of carbonyl (C=O) groups is 1. The fourth-order valence-electron chi connectivity index (χ4n) is 0.983. The first-order valence-electron chi connectivity index (χ1n) is 4.10. The standard InChI is InChI=1S/C10H10N2O2/c1-8(13)12-9-3-2-4-10(7-9)14-6-5-11/h2-4,7H,6H2,1H3,(H,12,13). The molecule has 0 aliphatic rings. The van der Waals surface area contributed by atoms with Crippen LogP contribution in [0.5, 0.6) is 5.75 Å². The van der Waals surface area contributed by atoms with E-state index in [0.717, 1.165) is 0 Å². The number of benzene rings is 1. The lowest BCUT2D eigenvalue weighted by molar-refractivity contribution is -0.114. The average Bonchev–Trinajstić information content (AvgIpc) is 2.14. The lowest BCUT2D eigenvalue weighted by atomic mass is 10.3. The van der Waals surface area contributed by atoms with E-state index in [1.165, 1.54) is 6.92 Å². The Hall–Kier alpha value is -2.02. The minimum atomic E-state index is -0.137. The maximum Gasteiger partial charge on any atom is 0.221 e.